The van der Waals surface area contributed by atoms with E-state index in [1.54, 1.807) is 0 Å². The van der Waals surface area contributed by atoms with Gasteiger partial charge in [0.15, 0.2) is 0 Å². The predicted octanol–water partition coefficient (Wildman–Crippen LogP) is 4.17. The molecule has 1 amide bonds. The third-order valence-electron chi connectivity index (χ3n) is 12.7. The zero-order valence-electron chi connectivity index (χ0n) is 26.6. The monoisotopic (exact) mass is 618 g/mol. The zero-order chi connectivity index (χ0) is 31.2. The Labute approximate surface area is 261 Å². The van der Waals surface area contributed by atoms with E-state index in [-0.39, 0.29) is 63.9 Å². The van der Waals surface area contributed by atoms with Crippen molar-refractivity contribution in [2.45, 2.75) is 134 Å². The molecule has 2 unspecified atom stereocenters. The Morgan fingerprint density at radius 2 is 1.91 bits per heavy atom. The van der Waals surface area contributed by atoms with Gasteiger partial charge in [-0.25, -0.2) is 0 Å². The number of rotatable bonds is 7. The molecule has 5 rings (SSSR count). The average molecular weight is 619 g/mol. The van der Waals surface area contributed by atoms with E-state index in [1.807, 2.05) is 13.0 Å². The molecule has 242 valence electrons. The van der Waals surface area contributed by atoms with Crippen molar-refractivity contribution in [3.8, 4) is 0 Å². The van der Waals surface area contributed by atoms with Crippen molar-refractivity contribution >= 4 is 29.4 Å². The first-order valence-corrected chi connectivity index (χ1v) is 17.8. The molecule has 0 spiro atoms. The number of amides is 1. The van der Waals surface area contributed by atoms with E-state index in [2.05, 4.69) is 38.0 Å². The van der Waals surface area contributed by atoms with Gasteiger partial charge in [-0.1, -0.05) is 40.2 Å². The van der Waals surface area contributed by atoms with Crippen LogP contribution in [0.2, 0.25) is 0 Å². The Morgan fingerprint density at radius 3 is 2.60 bits per heavy atom. The summed E-state index contributed by atoms with van der Waals surface area (Å²) in [7, 11) is 0. The summed E-state index contributed by atoms with van der Waals surface area (Å²) in [6.45, 7) is 13.4. The summed E-state index contributed by atoms with van der Waals surface area (Å²) < 4.78 is 6.39. The van der Waals surface area contributed by atoms with Crippen molar-refractivity contribution in [3.05, 3.63) is 12.7 Å². The summed E-state index contributed by atoms with van der Waals surface area (Å²) in [4.78, 5) is 40.0. The lowest BCUT2D eigenvalue weighted by Crippen LogP contribution is -2.63. The summed E-state index contributed by atoms with van der Waals surface area (Å²) in [5.74, 6) is -0.143. The minimum atomic E-state index is -0.694. The first-order valence-electron chi connectivity index (χ1n) is 16.7. The SMILES string of the molecule is C=C[C@]1(C)C[C@@H](OC(=O)CS[C@H]2C[C@@H](NC(=O)[C@@H]3CCCCN3)CC[C@H]2O)[C@]2(C)C(C)CCC3(CCC(=O)[C@H]32)[C@@H](C)[C@@H]1O. The second-order valence-electron chi connectivity index (χ2n) is 15.0. The fourth-order valence-electron chi connectivity index (χ4n) is 9.67. The molecule has 5 aliphatic rings. The van der Waals surface area contributed by atoms with Gasteiger partial charge in [-0.2, -0.15) is 0 Å². The maximum atomic E-state index is 13.6. The molecule has 0 aromatic carbocycles. The first kappa shape index (κ1) is 33.0. The maximum Gasteiger partial charge on any atom is 0.316 e. The number of carbonyl (C=O) groups excluding carboxylic acids is 3. The van der Waals surface area contributed by atoms with Crippen LogP contribution in [0.5, 0.6) is 0 Å². The van der Waals surface area contributed by atoms with E-state index in [0.29, 0.717) is 25.7 Å². The summed E-state index contributed by atoms with van der Waals surface area (Å²) in [5.41, 5.74) is -1.52. The topological polar surface area (TPSA) is 125 Å². The van der Waals surface area contributed by atoms with E-state index in [0.717, 1.165) is 51.5 Å². The Balaban J connectivity index is 1.29. The van der Waals surface area contributed by atoms with Gasteiger partial charge in [-0.3, -0.25) is 14.4 Å². The second-order valence-corrected chi connectivity index (χ2v) is 16.2. The molecule has 4 N–H and O–H groups in total. The quantitative estimate of drug-likeness (QED) is 0.248. The molecule has 0 aromatic rings. The molecule has 0 radical (unpaired) electrons. The lowest BCUT2D eigenvalue weighted by Gasteiger charge is -2.61. The molecule has 12 atom stereocenters. The number of hydrogen-bond acceptors (Lipinski definition) is 8. The summed E-state index contributed by atoms with van der Waals surface area (Å²) in [5, 5.41) is 28.8. The van der Waals surface area contributed by atoms with Crippen molar-refractivity contribution in [2.24, 2.45) is 34.0 Å². The molecular formula is C34H54N2O6S. The maximum absolute atomic E-state index is 13.6. The summed E-state index contributed by atoms with van der Waals surface area (Å²) in [6, 6.07) is -0.179. The molecule has 1 aliphatic heterocycles. The van der Waals surface area contributed by atoms with Crippen molar-refractivity contribution in [3.63, 3.8) is 0 Å². The number of thioether (sulfide) groups is 1. The molecule has 43 heavy (non-hydrogen) atoms. The minimum Gasteiger partial charge on any atom is -0.461 e. The summed E-state index contributed by atoms with van der Waals surface area (Å²) >= 11 is 1.40. The fourth-order valence-corrected chi connectivity index (χ4v) is 10.8. The standard InChI is InChI=1S/C34H54N2O6S/c1-6-32(4)18-27(33(5)20(2)12-14-34(21(3)30(32)40)15-13-25(38)29(33)34)42-28(39)19-43-26-17-22(10-11-24(26)37)36-31(41)23-9-7-8-16-35-23/h6,20-24,26-27,29-30,35,37,40H,1,7-19H2,2-5H3,(H,36,41)/t20?,21-,22-,23-,24+,26-,27+,29-,30-,32+,33-,34?/m0/s1. The molecule has 4 aliphatic carbocycles. The lowest BCUT2D eigenvalue weighted by molar-refractivity contribution is -0.205. The number of hydrogen-bond donors (Lipinski definition) is 4. The van der Waals surface area contributed by atoms with Crippen molar-refractivity contribution < 1.29 is 29.3 Å². The van der Waals surface area contributed by atoms with Crippen LogP contribution >= 0.6 is 11.8 Å². The van der Waals surface area contributed by atoms with Crippen molar-refractivity contribution in [1.29, 1.82) is 0 Å². The largest absolute Gasteiger partial charge is 0.461 e. The van der Waals surface area contributed by atoms with Gasteiger partial charge in [0.2, 0.25) is 5.91 Å². The number of piperidine rings is 1. The van der Waals surface area contributed by atoms with Crippen molar-refractivity contribution in [1.82, 2.24) is 10.6 Å². The number of nitrogens with one attached hydrogen (secondary N) is 2. The first-order chi connectivity index (χ1) is 20.4. The van der Waals surface area contributed by atoms with Gasteiger partial charge in [0.25, 0.3) is 0 Å². The highest BCUT2D eigenvalue weighted by Crippen LogP contribution is 2.68. The van der Waals surface area contributed by atoms with Crippen LogP contribution in [0.25, 0.3) is 0 Å². The molecule has 1 heterocycles. The number of aliphatic hydroxyl groups is 2. The number of carbonyl (C=O) groups is 3. The second kappa shape index (κ2) is 12.8. The molecule has 4 saturated carbocycles. The fraction of sp³-hybridized carbons (Fsp3) is 0.853. The van der Waals surface area contributed by atoms with Crippen LogP contribution < -0.4 is 10.6 Å². The van der Waals surface area contributed by atoms with E-state index >= 15 is 0 Å². The molecule has 2 bridgehead atoms. The Bertz CT molecular complexity index is 1080. The molecule has 9 heteroatoms. The highest BCUT2D eigenvalue weighted by molar-refractivity contribution is 8.00. The highest BCUT2D eigenvalue weighted by atomic mass is 32.2. The van der Waals surface area contributed by atoms with Gasteiger partial charge < -0.3 is 25.6 Å². The zero-order valence-corrected chi connectivity index (χ0v) is 27.4. The number of ketones is 1. The molecular weight excluding hydrogens is 564 g/mol. The van der Waals surface area contributed by atoms with Crippen LogP contribution in [0, 0.1) is 34.0 Å². The van der Waals surface area contributed by atoms with Gasteiger partial charge in [0.05, 0.1) is 24.0 Å². The Morgan fingerprint density at radius 1 is 1.14 bits per heavy atom. The third kappa shape index (κ3) is 5.97. The van der Waals surface area contributed by atoms with Gasteiger partial charge in [-0.05, 0) is 81.6 Å². The lowest BCUT2D eigenvalue weighted by atomic mass is 9.44. The number of ether oxygens (including phenoxy) is 1. The van der Waals surface area contributed by atoms with Crippen LogP contribution in [-0.4, -0.2) is 75.8 Å². The average Bonchev–Trinajstić information content (AvgIpc) is 3.36. The van der Waals surface area contributed by atoms with Crippen LogP contribution in [0.3, 0.4) is 0 Å². The molecule has 1 saturated heterocycles. The van der Waals surface area contributed by atoms with Gasteiger partial charge in [0, 0.05) is 34.5 Å². The van der Waals surface area contributed by atoms with E-state index in [4.69, 9.17) is 4.74 Å². The summed E-state index contributed by atoms with van der Waals surface area (Å²) in [6.07, 6.45) is 8.45. The Hall–Kier alpha value is -1.42. The van der Waals surface area contributed by atoms with Crippen LogP contribution in [0.4, 0.5) is 0 Å². The van der Waals surface area contributed by atoms with Crippen molar-refractivity contribution in [2.75, 3.05) is 12.3 Å². The van der Waals surface area contributed by atoms with E-state index in [9.17, 15) is 24.6 Å². The van der Waals surface area contributed by atoms with Gasteiger partial charge in [-0.15, -0.1) is 18.3 Å². The number of esters is 1. The smallest absolute Gasteiger partial charge is 0.316 e. The molecule has 5 fully saturated rings. The normalized spacial score (nSPS) is 46.7. The molecule has 8 nitrogen and oxygen atoms in total. The number of Topliss-reactive ketones (excluding diaryl/α,β-unsaturated/α-hetero) is 1. The van der Waals surface area contributed by atoms with Gasteiger partial charge in [0.1, 0.15) is 11.9 Å². The van der Waals surface area contributed by atoms with Crippen LogP contribution in [0.1, 0.15) is 98.3 Å². The molecule has 0 aromatic heterocycles. The Kier molecular flexibility index (Phi) is 9.78. The minimum absolute atomic E-state index is 0.0287. The highest BCUT2D eigenvalue weighted by Gasteiger charge is 2.68. The van der Waals surface area contributed by atoms with Crippen LogP contribution in [0.15, 0.2) is 12.7 Å². The van der Waals surface area contributed by atoms with Gasteiger partial charge >= 0.3 is 5.97 Å². The van der Waals surface area contributed by atoms with E-state index < -0.39 is 29.1 Å². The van der Waals surface area contributed by atoms with Crippen LogP contribution in [-0.2, 0) is 19.1 Å². The van der Waals surface area contributed by atoms with E-state index in [1.165, 1.54) is 11.8 Å². The number of aliphatic hydroxyl groups excluding tert-OH is 2. The third-order valence-corrected chi connectivity index (χ3v) is 14.1. The predicted molar refractivity (Wildman–Crippen MR) is 168 cm³/mol.